The Bertz CT molecular complexity index is 388. The number of ether oxygens (including phenoxy) is 1. The zero-order chi connectivity index (χ0) is 13.0. The lowest BCUT2D eigenvalue weighted by Gasteiger charge is -2.19. The van der Waals surface area contributed by atoms with Crippen molar-refractivity contribution in [1.82, 2.24) is 0 Å². The molecule has 1 atom stereocenters. The van der Waals surface area contributed by atoms with Crippen LogP contribution in [0.2, 0.25) is 0 Å². The molecule has 100 valence electrons. The summed E-state index contributed by atoms with van der Waals surface area (Å²) in [6.45, 7) is 5.78. The molecule has 18 heavy (non-hydrogen) atoms. The summed E-state index contributed by atoms with van der Waals surface area (Å²) in [5.41, 5.74) is 1.24. The fourth-order valence-corrected chi connectivity index (χ4v) is 2.47. The monoisotopic (exact) mass is 250 g/mol. The summed E-state index contributed by atoms with van der Waals surface area (Å²) in [4.78, 5) is 1.65. The molecule has 2 rings (SSSR count). The molecule has 3 nitrogen and oxygen atoms in total. The van der Waals surface area contributed by atoms with E-state index in [0.29, 0.717) is 5.75 Å². The molecule has 0 heterocycles. The molecular weight excluding hydrogens is 226 g/mol. The predicted octanol–water partition coefficient (Wildman–Crippen LogP) is 1.61. The first-order valence-electron chi connectivity index (χ1n) is 6.92. The van der Waals surface area contributed by atoms with Crippen LogP contribution in [-0.2, 0) is 6.54 Å². The van der Waals surface area contributed by atoms with Crippen LogP contribution in [0.25, 0.3) is 0 Å². The number of aromatic hydroxyl groups is 1. The third-order valence-electron chi connectivity index (χ3n) is 3.58. The smallest absolute Gasteiger partial charge is 0.160 e. The maximum atomic E-state index is 9.60. The van der Waals surface area contributed by atoms with Gasteiger partial charge in [0.1, 0.15) is 6.54 Å². The zero-order valence-corrected chi connectivity index (χ0v) is 11.4. The second-order valence-electron chi connectivity index (χ2n) is 5.33. The lowest BCUT2D eigenvalue weighted by atomic mass is 10.1. The lowest BCUT2D eigenvalue weighted by Crippen LogP contribution is -3.11. The largest absolute Gasteiger partial charge is 0.504 e. The molecule has 2 N–H and O–H groups in total. The Kier molecular flexibility index (Phi) is 4.48. The molecule has 1 aliphatic carbocycles. The second-order valence-corrected chi connectivity index (χ2v) is 5.33. The molecule has 0 bridgehead atoms. The maximum absolute atomic E-state index is 9.60. The number of phenolic OH excluding ortho intramolecular Hbond substituents is 1. The molecule has 0 amide bonds. The van der Waals surface area contributed by atoms with Gasteiger partial charge in [-0.05, 0) is 37.5 Å². The van der Waals surface area contributed by atoms with Crippen molar-refractivity contribution < 1.29 is 14.7 Å². The molecule has 1 unspecified atom stereocenters. The van der Waals surface area contributed by atoms with E-state index in [2.05, 4.69) is 6.92 Å². The first kappa shape index (κ1) is 13.2. The van der Waals surface area contributed by atoms with Crippen LogP contribution in [0, 0.1) is 5.92 Å². The molecule has 1 aromatic rings. The van der Waals surface area contributed by atoms with Crippen LogP contribution in [0.15, 0.2) is 18.2 Å². The van der Waals surface area contributed by atoms with Gasteiger partial charge in [-0.25, -0.2) is 0 Å². The third-order valence-corrected chi connectivity index (χ3v) is 3.58. The Morgan fingerprint density at radius 1 is 1.39 bits per heavy atom. The second kappa shape index (κ2) is 6.10. The average molecular weight is 250 g/mol. The SMILES string of the molecule is CCC[NH+](Cc1ccc(O)c(OC)c1)CC1CC1. The first-order valence-corrected chi connectivity index (χ1v) is 6.92. The molecule has 0 aromatic heterocycles. The van der Waals surface area contributed by atoms with Crippen molar-refractivity contribution in [1.29, 1.82) is 0 Å². The summed E-state index contributed by atoms with van der Waals surface area (Å²) in [7, 11) is 1.60. The third kappa shape index (κ3) is 3.64. The van der Waals surface area contributed by atoms with Gasteiger partial charge in [-0.15, -0.1) is 0 Å². The van der Waals surface area contributed by atoms with Gasteiger partial charge in [0.2, 0.25) is 0 Å². The number of phenols is 1. The standard InChI is InChI=1S/C15H23NO2/c1-3-8-16(10-12-4-5-12)11-13-6-7-14(17)15(9-13)18-2/h6-7,9,12,17H,3-5,8,10-11H2,1-2H3/p+1. The number of quaternary nitrogens is 1. The number of benzene rings is 1. The fourth-order valence-electron chi connectivity index (χ4n) is 2.47. The lowest BCUT2D eigenvalue weighted by molar-refractivity contribution is -0.915. The molecule has 3 heteroatoms. The van der Waals surface area contributed by atoms with Crippen molar-refractivity contribution in [3.05, 3.63) is 23.8 Å². The van der Waals surface area contributed by atoms with Crippen molar-refractivity contribution in [3.63, 3.8) is 0 Å². The van der Waals surface area contributed by atoms with Crippen LogP contribution in [-0.4, -0.2) is 25.3 Å². The van der Waals surface area contributed by atoms with Gasteiger partial charge in [0.05, 0.1) is 20.2 Å². The van der Waals surface area contributed by atoms with E-state index in [1.54, 1.807) is 18.1 Å². The Morgan fingerprint density at radius 2 is 2.17 bits per heavy atom. The molecule has 0 aliphatic heterocycles. The summed E-state index contributed by atoms with van der Waals surface area (Å²) in [6, 6.07) is 5.69. The van der Waals surface area contributed by atoms with Crippen molar-refractivity contribution in [3.8, 4) is 11.5 Å². The minimum absolute atomic E-state index is 0.223. The fraction of sp³-hybridized carbons (Fsp3) is 0.600. The van der Waals surface area contributed by atoms with Crippen LogP contribution in [0.4, 0.5) is 0 Å². The van der Waals surface area contributed by atoms with Gasteiger partial charge in [0.15, 0.2) is 11.5 Å². The number of nitrogens with one attached hydrogen (secondary N) is 1. The van der Waals surface area contributed by atoms with E-state index in [1.807, 2.05) is 12.1 Å². The van der Waals surface area contributed by atoms with Crippen LogP contribution in [0.5, 0.6) is 11.5 Å². The molecule has 1 aliphatic rings. The van der Waals surface area contributed by atoms with E-state index < -0.39 is 0 Å². The molecular formula is C15H24NO2+. The van der Waals surface area contributed by atoms with Gasteiger partial charge in [-0.3, -0.25) is 0 Å². The van der Waals surface area contributed by atoms with Crippen LogP contribution >= 0.6 is 0 Å². The molecule has 1 fully saturated rings. The zero-order valence-electron chi connectivity index (χ0n) is 11.4. The van der Waals surface area contributed by atoms with E-state index in [1.165, 1.54) is 37.9 Å². The van der Waals surface area contributed by atoms with Crippen molar-refractivity contribution in [2.45, 2.75) is 32.7 Å². The van der Waals surface area contributed by atoms with Gasteiger partial charge in [-0.2, -0.15) is 0 Å². The van der Waals surface area contributed by atoms with E-state index in [0.717, 1.165) is 12.5 Å². The summed E-state index contributed by atoms with van der Waals surface area (Å²) < 4.78 is 5.16. The van der Waals surface area contributed by atoms with Gasteiger partial charge in [0.25, 0.3) is 0 Å². The van der Waals surface area contributed by atoms with Gasteiger partial charge in [0, 0.05) is 11.5 Å². The first-order chi connectivity index (χ1) is 8.72. The number of rotatable bonds is 7. The minimum Gasteiger partial charge on any atom is -0.504 e. The highest BCUT2D eigenvalue weighted by atomic mass is 16.5. The van der Waals surface area contributed by atoms with Gasteiger partial charge in [-0.1, -0.05) is 6.92 Å². The number of hydrogen-bond acceptors (Lipinski definition) is 2. The molecule has 0 radical (unpaired) electrons. The highest BCUT2D eigenvalue weighted by Crippen LogP contribution is 2.27. The van der Waals surface area contributed by atoms with Crippen LogP contribution < -0.4 is 9.64 Å². The molecule has 0 saturated heterocycles. The molecule has 0 spiro atoms. The van der Waals surface area contributed by atoms with Crippen LogP contribution in [0.1, 0.15) is 31.7 Å². The number of hydrogen-bond donors (Lipinski definition) is 2. The predicted molar refractivity (Wildman–Crippen MR) is 72.1 cm³/mol. The Balaban J connectivity index is 2.00. The van der Waals surface area contributed by atoms with E-state index in [4.69, 9.17) is 4.74 Å². The molecule has 1 aromatic carbocycles. The van der Waals surface area contributed by atoms with E-state index in [-0.39, 0.29) is 5.75 Å². The summed E-state index contributed by atoms with van der Waals surface area (Å²) >= 11 is 0. The highest BCUT2D eigenvalue weighted by Gasteiger charge is 2.26. The van der Waals surface area contributed by atoms with Crippen LogP contribution in [0.3, 0.4) is 0 Å². The summed E-state index contributed by atoms with van der Waals surface area (Å²) in [5.74, 6) is 1.75. The van der Waals surface area contributed by atoms with Gasteiger partial charge >= 0.3 is 0 Å². The van der Waals surface area contributed by atoms with E-state index in [9.17, 15) is 5.11 Å². The van der Waals surface area contributed by atoms with Crippen molar-refractivity contribution in [2.24, 2.45) is 5.92 Å². The Hall–Kier alpha value is -1.22. The minimum atomic E-state index is 0.223. The van der Waals surface area contributed by atoms with Gasteiger partial charge < -0.3 is 14.7 Å². The number of methoxy groups -OCH3 is 1. The Labute approximate surface area is 109 Å². The Morgan fingerprint density at radius 3 is 2.78 bits per heavy atom. The topological polar surface area (TPSA) is 33.9 Å². The maximum Gasteiger partial charge on any atom is 0.160 e. The average Bonchev–Trinajstić information content (AvgIpc) is 3.16. The normalized spacial score (nSPS) is 16.6. The summed E-state index contributed by atoms with van der Waals surface area (Å²) in [6.07, 6.45) is 4.04. The molecule has 1 saturated carbocycles. The van der Waals surface area contributed by atoms with E-state index >= 15 is 0 Å². The van der Waals surface area contributed by atoms with Crippen molar-refractivity contribution in [2.75, 3.05) is 20.2 Å². The van der Waals surface area contributed by atoms with Crippen molar-refractivity contribution >= 4 is 0 Å². The highest BCUT2D eigenvalue weighted by molar-refractivity contribution is 5.41. The summed E-state index contributed by atoms with van der Waals surface area (Å²) in [5, 5.41) is 9.60. The quantitative estimate of drug-likeness (QED) is 0.771.